The highest BCUT2D eigenvalue weighted by molar-refractivity contribution is 6.02. The molecule has 0 saturated carbocycles. The van der Waals surface area contributed by atoms with Crippen LogP contribution >= 0.6 is 0 Å². The zero-order valence-electron chi connectivity index (χ0n) is 18.6. The largest absolute Gasteiger partial charge is 0.341 e. The van der Waals surface area contributed by atoms with E-state index in [2.05, 4.69) is 16.0 Å². The minimum absolute atomic E-state index is 0.0822. The van der Waals surface area contributed by atoms with E-state index in [1.165, 1.54) is 14.7 Å². The highest BCUT2D eigenvalue weighted by Gasteiger charge is 2.26. The molecule has 2 aliphatic rings. The van der Waals surface area contributed by atoms with E-state index < -0.39 is 0 Å². The number of hydrogen-bond acceptors (Lipinski definition) is 6. The summed E-state index contributed by atoms with van der Waals surface area (Å²) in [5, 5.41) is 0. The number of fused-ring (bicyclic) bond motifs is 2. The number of aliphatic imine (C=N–C) groups is 1. The number of aromatic nitrogens is 4. The van der Waals surface area contributed by atoms with Crippen LogP contribution in [0.3, 0.4) is 0 Å². The Kier molecular flexibility index (Phi) is 5.21. The zero-order chi connectivity index (χ0) is 22.4. The van der Waals surface area contributed by atoms with Crippen LogP contribution in [0.5, 0.6) is 0 Å². The maximum absolute atomic E-state index is 13.6. The van der Waals surface area contributed by atoms with Crippen molar-refractivity contribution in [1.29, 1.82) is 0 Å². The Balaban J connectivity index is 1.65. The van der Waals surface area contributed by atoms with Gasteiger partial charge in [0.25, 0.3) is 5.56 Å². The fraction of sp³-hybridized carbons (Fsp3) is 0.478. The van der Waals surface area contributed by atoms with E-state index in [4.69, 9.17) is 10.7 Å². The minimum atomic E-state index is -0.379. The monoisotopic (exact) mass is 435 g/mol. The SMILES string of the molecule is CCn1c(N2CCCC(N)C2)nc2c1c(=O)n(CC1=NCCc3ccccc31)c(=O)n2C. The maximum Gasteiger partial charge on any atom is 0.332 e. The molecule has 0 spiro atoms. The van der Waals surface area contributed by atoms with Gasteiger partial charge in [-0.3, -0.25) is 18.9 Å². The van der Waals surface area contributed by atoms with E-state index in [-0.39, 0.29) is 23.8 Å². The van der Waals surface area contributed by atoms with Crippen molar-refractivity contribution in [3.05, 3.63) is 56.2 Å². The molecule has 5 rings (SSSR count). The Morgan fingerprint density at radius 3 is 2.78 bits per heavy atom. The number of piperidine rings is 1. The van der Waals surface area contributed by atoms with Crippen molar-refractivity contribution in [2.75, 3.05) is 24.5 Å². The number of anilines is 1. The molecule has 2 aliphatic heterocycles. The quantitative estimate of drug-likeness (QED) is 0.656. The molecule has 1 atom stereocenters. The average Bonchev–Trinajstić information content (AvgIpc) is 3.20. The molecule has 0 radical (unpaired) electrons. The van der Waals surface area contributed by atoms with Crippen LogP contribution in [-0.4, -0.2) is 50.1 Å². The van der Waals surface area contributed by atoms with Crippen molar-refractivity contribution < 1.29 is 0 Å². The standard InChI is InChI=1S/C23H29N7O2/c1-3-29-19-20(26-22(29)28-12-6-8-16(24)13-28)27(2)23(32)30(21(19)31)14-18-17-9-5-4-7-15(17)10-11-25-18/h4-5,7,9,16H,3,6,8,10-14,24H2,1-2H3. The summed E-state index contributed by atoms with van der Waals surface area (Å²) in [6, 6.07) is 8.14. The van der Waals surface area contributed by atoms with Crippen molar-refractivity contribution in [2.24, 2.45) is 17.8 Å². The molecule has 32 heavy (non-hydrogen) atoms. The number of imidazole rings is 1. The number of nitrogens with two attached hydrogens (primary N) is 1. The van der Waals surface area contributed by atoms with Crippen molar-refractivity contribution in [3.8, 4) is 0 Å². The molecule has 4 heterocycles. The van der Waals surface area contributed by atoms with Crippen molar-refractivity contribution in [1.82, 2.24) is 18.7 Å². The van der Waals surface area contributed by atoms with E-state index in [0.717, 1.165) is 37.1 Å². The Labute approximate surface area is 185 Å². The highest BCUT2D eigenvalue weighted by Crippen LogP contribution is 2.23. The second-order valence-corrected chi connectivity index (χ2v) is 8.65. The molecule has 2 aromatic heterocycles. The summed E-state index contributed by atoms with van der Waals surface area (Å²) in [6.07, 6.45) is 2.84. The Morgan fingerprint density at radius 2 is 2.00 bits per heavy atom. The lowest BCUT2D eigenvalue weighted by molar-refractivity contribution is 0.494. The van der Waals surface area contributed by atoms with Gasteiger partial charge in [0.2, 0.25) is 5.95 Å². The topological polar surface area (TPSA) is 103 Å². The Bertz CT molecular complexity index is 1330. The Morgan fingerprint density at radius 1 is 1.19 bits per heavy atom. The molecule has 2 N–H and O–H groups in total. The molecule has 9 heteroatoms. The van der Waals surface area contributed by atoms with Crippen molar-refractivity contribution in [2.45, 2.75) is 45.3 Å². The van der Waals surface area contributed by atoms with Crippen LogP contribution < -0.4 is 21.9 Å². The first-order chi connectivity index (χ1) is 15.5. The fourth-order valence-corrected chi connectivity index (χ4v) is 4.93. The molecular formula is C23H29N7O2. The van der Waals surface area contributed by atoms with Gasteiger partial charge in [0, 0.05) is 44.8 Å². The van der Waals surface area contributed by atoms with Gasteiger partial charge in [-0.05, 0) is 31.7 Å². The maximum atomic E-state index is 13.6. The average molecular weight is 436 g/mol. The summed E-state index contributed by atoms with van der Waals surface area (Å²) in [4.78, 5) is 38.4. The molecule has 1 aromatic carbocycles. The summed E-state index contributed by atoms with van der Waals surface area (Å²) in [5.74, 6) is 0.711. The van der Waals surface area contributed by atoms with Gasteiger partial charge in [-0.1, -0.05) is 24.3 Å². The summed E-state index contributed by atoms with van der Waals surface area (Å²) >= 11 is 0. The van der Waals surface area contributed by atoms with Gasteiger partial charge in [0.05, 0.1) is 12.3 Å². The molecular weight excluding hydrogens is 406 g/mol. The van der Waals surface area contributed by atoms with E-state index in [1.54, 1.807) is 7.05 Å². The predicted octanol–water partition coefficient (Wildman–Crippen LogP) is 0.890. The van der Waals surface area contributed by atoms with Crippen LogP contribution in [0, 0.1) is 0 Å². The number of benzene rings is 1. The lowest BCUT2D eigenvalue weighted by atomic mass is 9.98. The molecule has 0 aliphatic carbocycles. The number of aryl methyl sites for hydroxylation is 2. The second-order valence-electron chi connectivity index (χ2n) is 8.65. The molecule has 1 unspecified atom stereocenters. The van der Waals surface area contributed by atoms with Crippen LogP contribution in [0.1, 0.15) is 30.9 Å². The van der Waals surface area contributed by atoms with Crippen LogP contribution in [0.2, 0.25) is 0 Å². The molecule has 3 aromatic rings. The van der Waals surface area contributed by atoms with Gasteiger partial charge in [0.1, 0.15) is 0 Å². The number of rotatable bonds is 4. The van der Waals surface area contributed by atoms with Gasteiger partial charge in [-0.2, -0.15) is 4.98 Å². The predicted molar refractivity (Wildman–Crippen MR) is 126 cm³/mol. The van der Waals surface area contributed by atoms with Gasteiger partial charge >= 0.3 is 5.69 Å². The summed E-state index contributed by atoms with van der Waals surface area (Å²) in [5.41, 5.74) is 9.34. The lowest BCUT2D eigenvalue weighted by Crippen LogP contribution is -2.44. The van der Waals surface area contributed by atoms with Gasteiger partial charge < -0.3 is 15.2 Å². The first-order valence-corrected chi connectivity index (χ1v) is 11.3. The first-order valence-electron chi connectivity index (χ1n) is 11.3. The molecule has 1 fully saturated rings. The fourth-order valence-electron chi connectivity index (χ4n) is 4.93. The third-order valence-electron chi connectivity index (χ3n) is 6.59. The first kappa shape index (κ1) is 20.7. The normalized spacial score (nSPS) is 18.7. The van der Waals surface area contributed by atoms with Crippen LogP contribution in [0.25, 0.3) is 11.2 Å². The smallest absolute Gasteiger partial charge is 0.332 e. The molecule has 9 nitrogen and oxygen atoms in total. The van der Waals surface area contributed by atoms with Crippen LogP contribution in [0.15, 0.2) is 38.8 Å². The summed E-state index contributed by atoms with van der Waals surface area (Å²) in [6.45, 7) is 4.92. The van der Waals surface area contributed by atoms with Crippen molar-refractivity contribution >= 4 is 22.8 Å². The third-order valence-corrected chi connectivity index (χ3v) is 6.59. The third kappa shape index (κ3) is 3.28. The zero-order valence-corrected chi connectivity index (χ0v) is 18.6. The van der Waals surface area contributed by atoms with Gasteiger partial charge in [0.15, 0.2) is 11.2 Å². The summed E-state index contributed by atoms with van der Waals surface area (Å²) in [7, 11) is 1.68. The van der Waals surface area contributed by atoms with Crippen molar-refractivity contribution in [3.63, 3.8) is 0 Å². The van der Waals surface area contributed by atoms with Crippen LogP contribution in [0.4, 0.5) is 5.95 Å². The lowest BCUT2D eigenvalue weighted by Gasteiger charge is -2.31. The number of nitrogens with zero attached hydrogens (tertiary/aromatic N) is 6. The molecule has 0 amide bonds. The minimum Gasteiger partial charge on any atom is -0.341 e. The second kappa shape index (κ2) is 8.05. The summed E-state index contributed by atoms with van der Waals surface area (Å²) < 4.78 is 4.69. The molecule has 168 valence electrons. The van der Waals surface area contributed by atoms with E-state index >= 15 is 0 Å². The molecule has 1 saturated heterocycles. The van der Waals surface area contributed by atoms with Gasteiger partial charge in [-0.25, -0.2) is 4.79 Å². The number of hydrogen-bond donors (Lipinski definition) is 1. The van der Waals surface area contributed by atoms with E-state index in [0.29, 0.717) is 36.7 Å². The molecule has 0 bridgehead atoms. The van der Waals surface area contributed by atoms with Gasteiger partial charge in [-0.15, -0.1) is 0 Å². The highest BCUT2D eigenvalue weighted by atomic mass is 16.2. The Hall–Kier alpha value is -3.20. The van der Waals surface area contributed by atoms with E-state index in [1.807, 2.05) is 29.7 Å². The van der Waals surface area contributed by atoms with E-state index in [9.17, 15) is 9.59 Å². The van der Waals surface area contributed by atoms with Crippen LogP contribution in [-0.2, 0) is 26.6 Å².